The van der Waals surface area contributed by atoms with Gasteiger partial charge in [0.15, 0.2) is 0 Å². The standard InChI is InChI=1S/C14H15N5S/c1-19-7-5-11(18-19)8-15-9-12-10-20-14(17-12)13-4-2-3-6-16-13/h2-7,10,15H,8-9H2,1H3. The second kappa shape index (κ2) is 5.94. The lowest BCUT2D eigenvalue weighted by atomic mass is 10.3. The third-order valence-electron chi connectivity index (χ3n) is 2.82. The Bertz CT molecular complexity index is 674. The quantitative estimate of drug-likeness (QED) is 0.781. The molecular weight excluding hydrogens is 270 g/mol. The first-order valence-electron chi connectivity index (χ1n) is 6.36. The third kappa shape index (κ3) is 3.09. The molecule has 0 aliphatic carbocycles. The Morgan fingerprint density at radius 1 is 1.20 bits per heavy atom. The van der Waals surface area contributed by atoms with Gasteiger partial charge in [-0.05, 0) is 18.2 Å². The molecule has 0 amide bonds. The molecule has 102 valence electrons. The number of aryl methyl sites for hydroxylation is 1. The van der Waals surface area contributed by atoms with Crippen molar-refractivity contribution in [1.29, 1.82) is 0 Å². The molecule has 0 unspecified atom stereocenters. The molecule has 0 aliphatic rings. The summed E-state index contributed by atoms with van der Waals surface area (Å²) in [6.45, 7) is 1.48. The van der Waals surface area contributed by atoms with Crippen LogP contribution in [0.15, 0.2) is 42.0 Å². The molecule has 0 aliphatic heterocycles. The Morgan fingerprint density at radius 3 is 2.85 bits per heavy atom. The van der Waals surface area contributed by atoms with Gasteiger partial charge in [0.05, 0.1) is 17.1 Å². The lowest BCUT2D eigenvalue weighted by Crippen LogP contribution is -2.13. The molecule has 3 aromatic rings. The Kier molecular flexibility index (Phi) is 3.85. The summed E-state index contributed by atoms with van der Waals surface area (Å²) in [7, 11) is 1.92. The van der Waals surface area contributed by atoms with E-state index in [1.807, 2.05) is 37.5 Å². The number of hydrogen-bond donors (Lipinski definition) is 1. The van der Waals surface area contributed by atoms with Crippen LogP contribution in [0.2, 0.25) is 0 Å². The topological polar surface area (TPSA) is 55.6 Å². The molecule has 0 atom stereocenters. The molecule has 5 nitrogen and oxygen atoms in total. The van der Waals surface area contributed by atoms with E-state index in [1.165, 1.54) is 0 Å². The predicted molar refractivity (Wildman–Crippen MR) is 79.1 cm³/mol. The van der Waals surface area contributed by atoms with E-state index < -0.39 is 0 Å². The molecule has 1 N–H and O–H groups in total. The Morgan fingerprint density at radius 2 is 2.10 bits per heavy atom. The summed E-state index contributed by atoms with van der Waals surface area (Å²) in [5.41, 5.74) is 2.99. The van der Waals surface area contributed by atoms with Gasteiger partial charge in [0.2, 0.25) is 0 Å². The van der Waals surface area contributed by atoms with Crippen molar-refractivity contribution in [2.75, 3.05) is 0 Å². The Labute approximate surface area is 121 Å². The van der Waals surface area contributed by atoms with Crippen LogP contribution in [0.4, 0.5) is 0 Å². The summed E-state index contributed by atoms with van der Waals surface area (Å²) in [4.78, 5) is 8.89. The number of aromatic nitrogens is 4. The van der Waals surface area contributed by atoms with Crippen molar-refractivity contribution in [3.63, 3.8) is 0 Å². The average molecular weight is 285 g/mol. The molecule has 20 heavy (non-hydrogen) atoms. The van der Waals surface area contributed by atoms with E-state index in [9.17, 15) is 0 Å². The minimum Gasteiger partial charge on any atom is -0.305 e. The van der Waals surface area contributed by atoms with Crippen LogP contribution >= 0.6 is 11.3 Å². The summed E-state index contributed by atoms with van der Waals surface area (Å²) in [6, 6.07) is 7.87. The van der Waals surface area contributed by atoms with Crippen molar-refractivity contribution in [3.8, 4) is 10.7 Å². The highest BCUT2D eigenvalue weighted by Gasteiger charge is 2.05. The number of rotatable bonds is 5. The van der Waals surface area contributed by atoms with Gasteiger partial charge in [-0.1, -0.05) is 6.07 Å². The van der Waals surface area contributed by atoms with Gasteiger partial charge in [0.1, 0.15) is 5.01 Å². The van der Waals surface area contributed by atoms with Gasteiger partial charge in [0, 0.05) is 37.9 Å². The summed E-state index contributed by atoms with van der Waals surface area (Å²) in [5, 5.41) is 10.7. The van der Waals surface area contributed by atoms with Crippen molar-refractivity contribution in [1.82, 2.24) is 25.1 Å². The monoisotopic (exact) mass is 285 g/mol. The number of nitrogens with one attached hydrogen (secondary N) is 1. The van der Waals surface area contributed by atoms with Crippen LogP contribution in [-0.4, -0.2) is 19.7 Å². The minimum absolute atomic E-state index is 0.736. The van der Waals surface area contributed by atoms with Gasteiger partial charge in [-0.25, -0.2) is 4.98 Å². The Hall–Kier alpha value is -2.05. The van der Waals surface area contributed by atoms with E-state index in [0.29, 0.717) is 0 Å². The highest BCUT2D eigenvalue weighted by atomic mass is 32.1. The van der Waals surface area contributed by atoms with Gasteiger partial charge in [-0.2, -0.15) is 5.10 Å². The fourth-order valence-corrected chi connectivity index (χ4v) is 2.67. The van der Waals surface area contributed by atoms with Gasteiger partial charge >= 0.3 is 0 Å². The first-order chi connectivity index (χ1) is 9.81. The van der Waals surface area contributed by atoms with Crippen LogP contribution in [0.3, 0.4) is 0 Å². The summed E-state index contributed by atoms with van der Waals surface area (Å²) in [5.74, 6) is 0. The van der Waals surface area contributed by atoms with Gasteiger partial charge in [0.25, 0.3) is 0 Å². The second-order valence-corrected chi connectivity index (χ2v) is 5.30. The van der Waals surface area contributed by atoms with Gasteiger partial charge < -0.3 is 5.32 Å². The summed E-state index contributed by atoms with van der Waals surface area (Å²) < 4.78 is 1.80. The number of thiazole rings is 1. The van der Waals surface area contributed by atoms with E-state index in [2.05, 4.69) is 25.8 Å². The second-order valence-electron chi connectivity index (χ2n) is 4.44. The maximum atomic E-state index is 4.58. The highest BCUT2D eigenvalue weighted by Crippen LogP contribution is 2.21. The van der Waals surface area contributed by atoms with E-state index in [1.54, 1.807) is 22.2 Å². The van der Waals surface area contributed by atoms with E-state index >= 15 is 0 Å². The van der Waals surface area contributed by atoms with Crippen molar-refractivity contribution in [2.24, 2.45) is 7.05 Å². The van der Waals surface area contributed by atoms with Crippen LogP contribution in [-0.2, 0) is 20.1 Å². The lowest BCUT2D eigenvalue weighted by Gasteiger charge is -1.99. The molecule has 0 radical (unpaired) electrons. The smallest absolute Gasteiger partial charge is 0.142 e. The zero-order valence-corrected chi connectivity index (χ0v) is 12.0. The highest BCUT2D eigenvalue weighted by molar-refractivity contribution is 7.13. The van der Waals surface area contributed by atoms with E-state index in [4.69, 9.17) is 0 Å². The number of pyridine rings is 1. The van der Waals surface area contributed by atoms with Crippen LogP contribution in [0.25, 0.3) is 10.7 Å². The fourth-order valence-electron chi connectivity index (χ4n) is 1.87. The molecule has 0 aromatic carbocycles. The normalized spacial score (nSPS) is 10.8. The first-order valence-corrected chi connectivity index (χ1v) is 7.24. The van der Waals surface area contributed by atoms with Crippen molar-refractivity contribution < 1.29 is 0 Å². The molecular formula is C14H15N5S. The van der Waals surface area contributed by atoms with Crippen molar-refractivity contribution in [2.45, 2.75) is 13.1 Å². The largest absolute Gasteiger partial charge is 0.305 e. The maximum Gasteiger partial charge on any atom is 0.142 e. The average Bonchev–Trinajstić information content (AvgIpc) is 3.09. The first kappa shape index (κ1) is 13.0. The van der Waals surface area contributed by atoms with Crippen LogP contribution in [0.1, 0.15) is 11.4 Å². The fraction of sp³-hybridized carbons (Fsp3) is 0.214. The van der Waals surface area contributed by atoms with Crippen molar-refractivity contribution >= 4 is 11.3 Å². The van der Waals surface area contributed by atoms with E-state index in [-0.39, 0.29) is 0 Å². The van der Waals surface area contributed by atoms with Gasteiger partial charge in [-0.3, -0.25) is 9.67 Å². The molecule has 3 heterocycles. The third-order valence-corrected chi connectivity index (χ3v) is 3.73. The van der Waals surface area contributed by atoms with E-state index in [0.717, 1.165) is 35.2 Å². The zero-order chi connectivity index (χ0) is 13.8. The Balaban J connectivity index is 1.58. The van der Waals surface area contributed by atoms with Crippen molar-refractivity contribution in [3.05, 3.63) is 53.4 Å². The SMILES string of the molecule is Cn1ccc(CNCc2csc(-c3ccccn3)n2)n1. The molecule has 6 heteroatoms. The molecule has 0 bridgehead atoms. The van der Waals surface area contributed by atoms with Crippen LogP contribution in [0, 0.1) is 0 Å². The number of nitrogens with zero attached hydrogens (tertiary/aromatic N) is 4. The van der Waals surface area contributed by atoms with Crippen LogP contribution in [0.5, 0.6) is 0 Å². The molecule has 0 spiro atoms. The summed E-state index contributed by atoms with van der Waals surface area (Å²) in [6.07, 6.45) is 3.73. The molecule has 3 rings (SSSR count). The molecule has 0 fully saturated rings. The van der Waals surface area contributed by atoms with Gasteiger partial charge in [-0.15, -0.1) is 11.3 Å². The van der Waals surface area contributed by atoms with Crippen LogP contribution < -0.4 is 5.32 Å². The maximum absolute atomic E-state index is 4.58. The molecule has 3 aromatic heterocycles. The minimum atomic E-state index is 0.736. The molecule has 0 saturated heterocycles. The summed E-state index contributed by atoms with van der Waals surface area (Å²) >= 11 is 1.62. The predicted octanol–water partition coefficient (Wildman–Crippen LogP) is 2.23. The number of hydrogen-bond acceptors (Lipinski definition) is 5. The lowest BCUT2D eigenvalue weighted by molar-refractivity contribution is 0.650. The molecule has 0 saturated carbocycles. The zero-order valence-electron chi connectivity index (χ0n) is 11.2.